The van der Waals surface area contributed by atoms with Crippen LogP contribution in [0.15, 0.2) is 35.3 Å². The van der Waals surface area contributed by atoms with E-state index in [1.54, 1.807) is 38.6 Å². The molecule has 1 aromatic carbocycles. The molecular formula is C16H15ClN4O2. The summed E-state index contributed by atoms with van der Waals surface area (Å²) in [5, 5.41) is 4.09. The molecule has 1 N–H and O–H groups in total. The Labute approximate surface area is 137 Å². The van der Waals surface area contributed by atoms with E-state index in [0.29, 0.717) is 38.9 Å². The first-order valence-electron chi connectivity index (χ1n) is 6.97. The predicted octanol–water partition coefficient (Wildman–Crippen LogP) is 2.79. The highest BCUT2D eigenvalue weighted by molar-refractivity contribution is 6.31. The largest absolute Gasteiger partial charge is 0.496 e. The number of anilines is 1. The number of methoxy groups -OCH3 is 1. The lowest BCUT2D eigenvalue weighted by atomic mass is 10.2. The number of aryl methyl sites for hydroxylation is 1. The molecule has 3 aromatic rings. The van der Waals surface area contributed by atoms with Crippen LogP contribution in [0.5, 0.6) is 5.75 Å². The summed E-state index contributed by atoms with van der Waals surface area (Å²) < 4.78 is 6.91. The molecule has 0 aliphatic carbocycles. The van der Waals surface area contributed by atoms with Crippen LogP contribution in [-0.4, -0.2) is 28.7 Å². The Bertz CT molecular complexity index is 953. The average molecular weight is 331 g/mol. The summed E-state index contributed by atoms with van der Waals surface area (Å²) in [6.45, 7) is 1.83. The van der Waals surface area contributed by atoms with Crippen LogP contribution in [0.2, 0.25) is 5.02 Å². The summed E-state index contributed by atoms with van der Waals surface area (Å²) in [6, 6.07) is 7.00. The fraction of sp³-hybridized carbons (Fsp3) is 0.188. The molecule has 6 nitrogen and oxygen atoms in total. The van der Waals surface area contributed by atoms with E-state index in [-0.39, 0.29) is 0 Å². The number of hydrogen-bond acceptors (Lipinski definition) is 5. The Morgan fingerprint density at radius 1 is 1.35 bits per heavy atom. The van der Waals surface area contributed by atoms with E-state index >= 15 is 0 Å². The lowest BCUT2D eigenvalue weighted by Gasteiger charge is -2.16. The van der Waals surface area contributed by atoms with E-state index in [1.165, 1.54) is 4.57 Å². The lowest BCUT2D eigenvalue weighted by Crippen LogP contribution is -2.24. The summed E-state index contributed by atoms with van der Waals surface area (Å²) >= 11 is 6.20. The number of fused-ring (bicyclic) bond motifs is 1. The highest BCUT2D eigenvalue weighted by atomic mass is 35.5. The van der Waals surface area contributed by atoms with Gasteiger partial charge in [0.15, 0.2) is 0 Å². The van der Waals surface area contributed by atoms with Gasteiger partial charge in [-0.1, -0.05) is 11.6 Å². The van der Waals surface area contributed by atoms with E-state index in [1.807, 2.05) is 13.0 Å². The fourth-order valence-electron chi connectivity index (χ4n) is 2.57. The molecule has 2 heterocycles. The maximum atomic E-state index is 12.6. The number of hydrogen-bond donors (Lipinski definition) is 1. The zero-order chi connectivity index (χ0) is 16.6. The standard InChI is InChI=1S/C16H15ClN4O2/c1-9-11(5-4-6-19-9)21-12-7-10(17)8-13(23-3)14(12)15(18-2)20-16(21)22/h4-8H,1-3H3,(H,18,20,22). The third-order valence-corrected chi connectivity index (χ3v) is 3.82. The maximum Gasteiger partial charge on any atom is 0.354 e. The molecule has 0 spiro atoms. The van der Waals surface area contributed by atoms with Crippen molar-refractivity contribution < 1.29 is 4.74 Å². The number of nitrogens with zero attached hydrogens (tertiary/aromatic N) is 3. The molecule has 0 saturated carbocycles. The van der Waals surface area contributed by atoms with Gasteiger partial charge in [0.05, 0.1) is 29.4 Å². The van der Waals surface area contributed by atoms with Crippen molar-refractivity contribution in [1.29, 1.82) is 0 Å². The SMILES string of the molecule is CNc1nc(=O)n(-c2cccnc2C)c2cc(Cl)cc(OC)c12. The Kier molecular flexibility index (Phi) is 3.92. The summed E-state index contributed by atoms with van der Waals surface area (Å²) in [5.74, 6) is 0.982. The van der Waals surface area contributed by atoms with Gasteiger partial charge in [0.25, 0.3) is 0 Å². The summed E-state index contributed by atoms with van der Waals surface area (Å²) in [6.07, 6.45) is 1.68. The van der Waals surface area contributed by atoms with Gasteiger partial charge in [0.2, 0.25) is 0 Å². The zero-order valence-corrected chi connectivity index (χ0v) is 13.7. The van der Waals surface area contributed by atoms with Crippen LogP contribution in [0, 0.1) is 6.92 Å². The number of aromatic nitrogens is 3. The topological polar surface area (TPSA) is 69.0 Å². The molecular weight excluding hydrogens is 316 g/mol. The highest BCUT2D eigenvalue weighted by Gasteiger charge is 2.17. The third kappa shape index (κ3) is 2.51. The molecule has 0 radical (unpaired) electrons. The summed E-state index contributed by atoms with van der Waals surface area (Å²) in [4.78, 5) is 20.9. The third-order valence-electron chi connectivity index (χ3n) is 3.60. The molecule has 3 rings (SSSR count). The minimum Gasteiger partial charge on any atom is -0.496 e. The smallest absolute Gasteiger partial charge is 0.354 e. The van der Waals surface area contributed by atoms with E-state index in [0.717, 1.165) is 0 Å². The second kappa shape index (κ2) is 5.89. The van der Waals surface area contributed by atoms with Gasteiger partial charge in [0.1, 0.15) is 11.6 Å². The molecule has 118 valence electrons. The Morgan fingerprint density at radius 3 is 2.78 bits per heavy atom. The summed E-state index contributed by atoms with van der Waals surface area (Å²) in [5.41, 5.74) is 1.56. The molecule has 0 saturated heterocycles. The van der Waals surface area contributed by atoms with Crippen molar-refractivity contribution in [3.05, 3.63) is 51.7 Å². The van der Waals surface area contributed by atoms with Crippen LogP contribution in [0.25, 0.3) is 16.6 Å². The van der Waals surface area contributed by atoms with Crippen molar-refractivity contribution in [1.82, 2.24) is 14.5 Å². The molecule has 23 heavy (non-hydrogen) atoms. The number of halogens is 1. The van der Waals surface area contributed by atoms with Crippen molar-refractivity contribution in [3.63, 3.8) is 0 Å². The highest BCUT2D eigenvalue weighted by Crippen LogP contribution is 2.34. The van der Waals surface area contributed by atoms with Crippen molar-refractivity contribution in [2.75, 3.05) is 19.5 Å². The number of rotatable bonds is 3. The second-order valence-corrected chi connectivity index (χ2v) is 5.37. The zero-order valence-electron chi connectivity index (χ0n) is 12.9. The quantitative estimate of drug-likeness (QED) is 0.799. The molecule has 0 bridgehead atoms. The van der Waals surface area contributed by atoms with Crippen LogP contribution in [0.4, 0.5) is 5.82 Å². The average Bonchev–Trinajstić information content (AvgIpc) is 2.54. The minimum absolute atomic E-state index is 0.415. The summed E-state index contributed by atoms with van der Waals surface area (Å²) in [7, 11) is 3.25. The van der Waals surface area contributed by atoms with Gasteiger partial charge in [-0.25, -0.2) is 4.79 Å². The van der Waals surface area contributed by atoms with Gasteiger partial charge < -0.3 is 10.1 Å². The number of benzene rings is 1. The molecule has 0 atom stereocenters. The molecule has 2 aromatic heterocycles. The second-order valence-electron chi connectivity index (χ2n) is 4.94. The van der Waals surface area contributed by atoms with Crippen LogP contribution >= 0.6 is 11.6 Å². The number of nitrogens with one attached hydrogen (secondary N) is 1. The molecule has 0 aliphatic heterocycles. The van der Waals surface area contributed by atoms with Gasteiger partial charge in [-0.3, -0.25) is 9.55 Å². The van der Waals surface area contributed by atoms with Crippen molar-refractivity contribution in [2.24, 2.45) is 0 Å². The van der Waals surface area contributed by atoms with Crippen LogP contribution in [-0.2, 0) is 0 Å². The molecule has 0 fully saturated rings. The van der Waals surface area contributed by atoms with Crippen molar-refractivity contribution in [3.8, 4) is 11.4 Å². The van der Waals surface area contributed by atoms with Gasteiger partial charge in [-0.2, -0.15) is 4.98 Å². The van der Waals surface area contributed by atoms with E-state index in [9.17, 15) is 4.79 Å². The van der Waals surface area contributed by atoms with Crippen molar-refractivity contribution >= 4 is 28.3 Å². The van der Waals surface area contributed by atoms with Crippen molar-refractivity contribution in [2.45, 2.75) is 6.92 Å². The predicted molar refractivity (Wildman–Crippen MR) is 91.0 cm³/mol. The van der Waals surface area contributed by atoms with Gasteiger partial charge in [-0.05, 0) is 31.2 Å². The Balaban J connectivity index is 2.53. The monoisotopic (exact) mass is 330 g/mol. The van der Waals surface area contributed by atoms with Crippen LogP contribution in [0.3, 0.4) is 0 Å². The van der Waals surface area contributed by atoms with E-state index in [2.05, 4.69) is 15.3 Å². The minimum atomic E-state index is -0.415. The first-order chi connectivity index (χ1) is 11.1. The van der Waals surface area contributed by atoms with E-state index in [4.69, 9.17) is 16.3 Å². The molecule has 7 heteroatoms. The van der Waals surface area contributed by atoms with Gasteiger partial charge >= 0.3 is 5.69 Å². The molecule has 0 unspecified atom stereocenters. The Hall–Kier alpha value is -2.60. The number of pyridine rings is 1. The fourth-order valence-corrected chi connectivity index (χ4v) is 2.78. The molecule has 0 amide bonds. The normalized spacial score (nSPS) is 10.8. The maximum absolute atomic E-state index is 12.6. The molecule has 0 aliphatic rings. The van der Waals surface area contributed by atoms with E-state index < -0.39 is 5.69 Å². The Morgan fingerprint density at radius 2 is 2.13 bits per heavy atom. The first kappa shape index (κ1) is 15.3. The van der Waals surface area contributed by atoms with Gasteiger partial charge in [-0.15, -0.1) is 0 Å². The van der Waals surface area contributed by atoms with Crippen LogP contribution < -0.4 is 15.7 Å². The first-order valence-corrected chi connectivity index (χ1v) is 7.34. The number of ether oxygens (including phenoxy) is 1. The van der Waals surface area contributed by atoms with Crippen LogP contribution in [0.1, 0.15) is 5.69 Å². The lowest BCUT2D eigenvalue weighted by molar-refractivity contribution is 0.419. The van der Waals surface area contributed by atoms with Gasteiger partial charge in [0, 0.05) is 18.3 Å².